The summed E-state index contributed by atoms with van der Waals surface area (Å²) in [5, 5.41) is 3.22. The van der Waals surface area contributed by atoms with Crippen molar-refractivity contribution in [1.29, 1.82) is 0 Å². The summed E-state index contributed by atoms with van der Waals surface area (Å²) >= 11 is 0. The van der Waals surface area contributed by atoms with Crippen LogP contribution in [0, 0.1) is 13.8 Å². The highest BCUT2D eigenvalue weighted by Crippen LogP contribution is 2.28. The molecule has 5 heteroatoms. The molecule has 140 valence electrons. The number of aryl methyl sites for hydroxylation is 2. The highest BCUT2D eigenvalue weighted by molar-refractivity contribution is 6.00. The number of carbonyl (C=O) groups is 1. The van der Waals surface area contributed by atoms with Crippen molar-refractivity contribution in [3.8, 4) is 0 Å². The number of hydrogen-bond donors (Lipinski definition) is 1. The molecule has 2 fully saturated rings. The summed E-state index contributed by atoms with van der Waals surface area (Å²) in [5.41, 5.74) is 3.45. The van der Waals surface area contributed by atoms with Gasteiger partial charge in [0.2, 0.25) is 0 Å². The van der Waals surface area contributed by atoms with Gasteiger partial charge in [0, 0.05) is 23.6 Å². The first-order valence-electron chi connectivity index (χ1n) is 10.0. The first-order chi connectivity index (χ1) is 12.6. The minimum Gasteiger partial charge on any atom is -0.375 e. The molecule has 5 nitrogen and oxygen atoms in total. The van der Waals surface area contributed by atoms with Crippen LogP contribution in [-0.4, -0.2) is 33.5 Å². The third-order valence-electron chi connectivity index (χ3n) is 5.88. The Kier molecular flexibility index (Phi) is 4.98. The molecular weight excluding hydrogens is 326 g/mol. The number of ether oxygens (including phenoxy) is 1. The maximum absolute atomic E-state index is 12.8. The molecule has 0 radical (unpaired) electrons. The zero-order valence-electron chi connectivity index (χ0n) is 15.8. The van der Waals surface area contributed by atoms with Gasteiger partial charge in [0.1, 0.15) is 5.65 Å². The number of aromatic nitrogens is 2. The van der Waals surface area contributed by atoms with E-state index >= 15 is 0 Å². The Balaban J connectivity index is 1.36. The molecule has 0 saturated heterocycles. The lowest BCUT2D eigenvalue weighted by atomic mass is 9.92. The Morgan fingerprint density at radius 1 is 1.12 bits per heavy atom. The molecule has 0 atom stereocenters. The first-order valence-corrected chi connectivity index (χ1v) is 10.0. The number of carbonyl (C=O) groups excluding carboxylic acids is 1. The average Bonchev–Trinajstić information content (AvgIpc) is 3.26. The summed E-state index contributed by atoms with van der Waals surface area (Å²) < 4.78 is 8.22. The molecule has 0 aromatic carbocycles. The van der Waals surface area contributed by atoms with Crippen molar-refractivity contribution in [3.63, 3.8) is 0 Å². The van der Waals surface area contributed by atoms with E-state index < -0.39 is 0 Å². The lowest BCUT2D eigenvalue weighted by molar-refractivity contribution is -0.0294. The van der Waals surface area contributed by atoms with E-state index in [2.05, 4.69) is 10.3 Å². The molecule has 2 aromatic rings. The predicted molar refractivity (Wildman–Crippen MR) is 102 cm³/mol. The summed E-state index contributed by atoms with van der Waals surface area (Å²) in [6.45, 7) is 4.00. The van der Waals surface area contributed by atoms with E-state index in [1.54, 1.807) is 0 Å². The monoisotopic (exact) mass is 355 g/mol. The molecule has 0 aliphatic heterocycles. The average molecular weight is 355 g/mol. The van der Waals surface area contributed by atoms with E-state index in [4.69, 9.17) is 4.74 Å². The third-order valence-corrected chi connectivity index (χ3v) is 5.88. The summed E-state index contributed by atoms with van der Waals surface area (Å²) in [5.74, 6) is -0.00911. The van der Waals surface area contributed by atoms with E-state index in [-0.39, 0.29) is 11.9 Å². The van der Waals surface area contributed by atoms with Gasteiger partial charge in [-0.1, -0.05) is 12.8 Å². The van der Waals surface area contributed by atoms with E-state index in [0.717, 1.165) is 42.7 Å². The van der Waals surface area contributed by atoms with Crippen molar-refractivity contribution in [2.45, 2.75) is 83.5 Å². The van der Waals surface area contributed by atoms with Crippen molar-refractivity contribution in [1.82, 2.24) is 14.7 Å². The van der Waals surface area contributed by atoms with Gasteiger partial charge >= 0.3 is 0 Å². The fraction of sp³-hybridized carbons (Fsp3) is 0.619. The zero-order valence-corrected chi connectivity index (χ0v) is 15.8. The molecule has 4 rings (SSSR count). The van der Waals surface area contributed by atoms with E-state index in [1.165, 1.54) is 25.7 Å². The van der Waals surface area contributed by atoms with Crippen LogP contribution in [0.2, 0.25) is 0 Å². The van der Waals surface area contributed by atoms with Gasteiger partial charge in [-0.05, 0) is 64.5 Å². The van der Waals surface area contributed by atoms with Crippen molar-refractivity contribution < 1.29 is 9.53 Å². The Labute approximate surface area is 155 Å². The first kappa shape index (κ1) is 17.5. The number of hydrogen-bond acceptors (Lipinski definition) is 3. The van der Waals surface area contributed by atoms with Crippen LogP contribution < -0.4 is 5.32 Å². The summed E-state index contributed by atoms with van der Waals surface area (Å²) in [7, 11) is 0. The molecule has 2 aromatic heterocycles. The fourth-order valence-corrected chi connectivity index (χ4v) is 4.47. The predicted octanol–water partition coefficient (Wildman–Crippen LogP) is 3.95. The number of fused-ring (bicyclic) bond motifs is 1. The van der Waals surface area contributed by atoms with Gasteiger partial charge in [-0.25, -0.2) is 4.98 Å². The minimum absolute atomic E-state index is 0.00911. The maximum atomic E-state index is 12.8. The van der Waals surface area contributed by atoms with Crippen LogP contribution >= 0.6 is 0 Å². The summed E-state index contributed by atoms with van der Waals surface area (Å²) in [6.07, 6.45) is 12.0. The van der Waals surface area contributed by atoms with Crippen molar-refractivity contribution >= 4 is 11.6 Å². The normalized spacial score (nSPS) is 24.2. The molecular formula is C21H29N3O2. The third kappa shape index (κ3) is 3.63. The zero-order chi connectivity index (χ0) is 18.1. The van der Waals surface area contributed by atoms with Crippen LogP contribution in [0.1, 0.15) is 73.1 Å². The smallest absolute Gasteiger partial charge is 0.255 e. The van der Waals surface area contributed by atoms with Gasteiger partial charge in [-0.3, -0.25) is 4.79 Å². The Hall–Kier alpha value is -1.88. The number of nitrogens with zero attached hydrogens (tertiary/aromatic N) is 2. The van der Waals surface area contributed by atoms with Gasteiger partial charge in [-0.15, -0.1) is 0 Å². The van der Waals surface area contributed by atoms with E-state index in [1.807, 2.05) is 36.6 Å². The van der Waals surface area contributed by atoms with Gasteiger partial charge in [0.25, 0.3) is 5.91 Å². The van der Waals surface area contributed by atoms with Crippen LogP contribution in [0.15, 0.2) is 18.3 Å². The highest BCUT2D eigenvalue weighted by atomic mass is 16.5. The van der Waals surface area contributed by atoms with Crippen LogP contribution in [-0.2, 0) is 4.74 Å². The van der Waals surface area contributed by atoms with Crippen molar-refractivity contribution in [2.75, 3.05) is 0 Å². The second-order valence-electron chi connectivity index (χ2n) is 7.95. The molecule has 2 aliphatic carbocycles. The maximum Gasteiger partial charge on any atom is 0.255 e. The minimum atomic E-state index is -0.00911. The van der Waals surface area contributed by atoms with Crippen molar-refractivity contribution in [3.05, 3.63) is 35.3 Å². The van der Waals surface area contributed by atoms with Gasteiger partial charge in [0.05, 0.1) is 17.8 Å². The molecule has 0 unspecified atom stereocenters. The van der Waals surface area contributed by atoms with Crippen LogP contribution in [0.25, 0.3) is 5.65 Å². The Morgan fingerprint density at radius 3 is 2.54 bits per heavy atom. The lowest BCUT2D eigenvalue weighted by Gasteiger charge is -2.30. The molecule has 2 heterocycles. The number of amides is 1. The van der Waals surface area contributed by atoms with Crippen LogP contribution in [0.5, 0.6) is 0 Å². The van der Waals surface area contributed by atoms with Crippen molar-refractivity contribution in [2.24, 2.45) is 0 Å². The van der Waals surface area contributed by atoms with E-state index in [0.29, 0.717) is 17.8 Å². The molecule has 0 spiro atoms. The standard InChI is InChI=1S/C21H29N3O2/c1-14-13-15(2)24-12-11-19(20(24)22-14)21(25)23-16-7-9-18(10-8-16)26-17-5-3-4-6-17/h11-13,16-18H,3-10H2,1-2H3,(H,23,25)/t16-,18-. The molecule has 0 bridgehead atoms. The van der Waals surface area contributed by atoms with Gasteiger partial charge in [0.15, 0.2) is 0 Å². The molecule has 2 aliphatic rings. The largest absolute Gasteiger partial charge is 0.375 e. The molecule has 2 saturated carbocycles. The lowest BCUT2D eigenvalue weighted by Crippen LogP contribution is -2.39. The number of nitrogens with one attached hydrogen (secondary N) is 1. The van der Waals surface area contributed by atoms with Gasteiger partial charge in [-0.2, -0.15) is 0 Å². The summed E-state index contributed by atoms with van der Waals surface area (Å²) in [4.78, 5) is 17.3. The number of rotatable bonds is 4. The second kappa shape index (κ2) is 7.39. The van der Waals surface area contributed by atoms with Gasteiger partial charge < -0.3 is 14.5 Å². The quantitative estimate of drug-likeness (QED) is 0.903. The molecule has 1 amide bonds. The summed E-state index contributed by atoms with van der Waals surface area (Å²) in [6, 6.07) is 4.14. The molecule has 26 heavy (non-hydrogen) atoms. The fourth-order valence-electron chi connectivity index (χ4n) is 4.47. The van der Waals surface area contributed by atoms with Crippen LogP contribution in [0.3, 0.4) is 0 Å². The second-order valence-corrected chi connectivity index (χ2v) is 7.95. The SMILES string of the molecule is Cc1cc(C)n2ccc(C(=O)N[C@H]3CC[C@H](OC4CCCC4)CC3)c2n1. The van der Waals surface area contributed by atoms with Crippen LogP contribution in [0.4, 0.5) is 0 Å². The topological polar surface area (TPSA) is 55.6 Å². The highest BCUT2D eigenvalue weighted by Gasteiger charge is 2.27. The Morgan fingerprint density at radius 2 is 1.81 bits per heavy atom. The van der Waals surface area contributed by atoms with E-state index in [9.17, 15) is 4.79 Å². The Bertz CT molecular complexity index is 784. The molecule has 1 N–H and O–H groups in total.